The molecule has 0 atom stereocenters. The van der Waals surface area contributed by atoms with E-state index < -0.39 is 5.97 Å². The lowest BCUT2D eigenvalue weighted by molar-refractivity contribution is 0.0697. The van der Waals surface area contributed by atoms with Gasteiger partial charge in [-0.15, -0.1) is 0 Å². The number of para-hydroxylation sites is 1. The second kappa shape index (κ2) is 9.61. The van der Waals surface area contributed by atoms with Gasteiger partial charge in [0.1, 0.15) is 5.75 Å². The molecule has 0 spiro atoms. The Hall–Kier alpha value is -4.06. The summed E-state index contributed by atoms with van der Waals surface area (Å²) in [6, 6.07) is 18.4. The highest BCUT2D eigenvalue weighted by Crippen LogP contribution is 2.39. The van der Waals surface area contributed by atoms with E-state index >= 15 is 0 Å². The number of carboxylic acids is 1. The highest BCUT2D eigenvalue weighted by atomic mass is 16.5. The number of carboxylic acid groups (broad SMARTS) is 1. The van der Waals surface area contributed by atoms with Crippen molar-refractivity contribution in [3.8, 4) is 28.0 Å². The summed E-state index contributed by atoms with van der Waals surface area (Å²) in [7, 11) is 0. The minimum Gasteiger partial charge on any atom is -0.494 e. The molecule has 33 heavy (non-hydrogen) atoms. The smallest absolute Gasteiger partial charge is 0.336 e. The van der Waals surface area contributed by atoms with Gasteiger partial charge < -0.3 is 20.1 Å². The molecule has 6 nitrogen and oxygen atoms in total. The van der Waals surface area contributed by atoms with Gasteiger partial charge in [0, 0.05) is 34.8 Å². The second-order valence-corrected chi connectivity index (χ2v) is 7.70. The van der Waals surface area contributed by atoms with Crippen LogP contribution in [0, 0.1) is 0 Å². The van der Waals surface area contributed by atoms with Crippen molar-refractivity contribution in [1.29, 1.82) is 0 Å². The lowest BCUT2D eigenvalue weighted by Crippen LogP contribution is -2.25. The number of ether oxygens (including phenoxy) is 1. The maximum atomic E-state index is 13.3. The maximum absolute atomic E-state index is 13.3. The van der Waals surface area contributed by atoms with E-state index in [0.29, 0.717) is 35.4 Å². The average molecular weight is 443 g/mol. The summed E-state index contributed by atoms with van der Waals surface area (Å²) in [6.07, 6.45) is 2.67. The van der Waals surface area contributed by atoms with Gasteiger partial charge in [0.05, 0.1) is 17.7 Å². The zero-order valence-corrected chi connectivity index (χ0v) is 18.6. The number of nitrogens with one attached hydrogen (secondary N) is 2. The van der Waals surface area contributed by atoms with Gasteiger partial charge in [-0.2, -0.15) is 0 Å². The van der Waals surface area contributed by atoms with Crippen LogP contribution in [0.3, 0.4) is 0 Å². The van der Waals surface area contributed by atoms with Crippen molar-refractivity contribution >= 4 is 22.8 Å². The SMILES string of the molecule is CCCOc1ccc(-c2ccc(C(=O)O)c(-c3c[nH]c4ccccc34)c2C(=O)NCC)cc1. The molecule has 0 fully saturated rings. The molecular formula is C27H26N2O4. The summed E-state index contributed by atoms with van der Waals surface area (Å²) in [5, 5.41) is 13.7. The van der Waals surface area contributed by atoms with Gasteiger partial charge >= 0.3 is 5.97 Å². The largest absolute Gasteiger partial charge is 0.494 e. The quantitative estimate of drug-likeness (QED) is 0.325. The Morgan fingerprint density at radius 2 is 1.73 bits per heavy atom. The third-order valence-corrected chi connectivity index (χ3v) is 5.50. The first-order chi connectivity index (χ1) is 16.0. The van der Waals surface area contributed by atoms with E-state index in [2.05, 4.69) is 10.3 Å². The molecule has 0 saturated carbocycles. The van der Waals surface area contributed by atoms with Crippen molar-refractivity contribution in [2.24, 2.45) is 0 Å². The minimum atomic E-state index is -1.09. The fourth-order valence-corrected chi connectivity index (χ4v) is 4.01. The average Bonchev–Trinajstić information content (AvgIpc) is 3.26. The summed E-state index contributed by atoms with van der Waals surface area (Å²) in [6.45, 7) is 4.93. The molecular weight excluding hydrogens is 416 g/mol. The topological polar surface area (TPSA) is 91.4 Å². The van der Waals surface area contributed by atoms with Crippen molar-refractivity contribution in [1.82, 2.24) is 10.3 Å². The number of hydrogen-bond donors (Lipinski definition) is 3. The first-order valence-corrected chi connectivity index (χ1v) is 11.0. The molecule has 0 saturated heterocycles. The fraction of sp³-hybridized carbons (Fsp3) is 0.185. The summed E-state index contributed by atoms with van der Waals surface area (Å²) >= 11 is 0. The number of H-pyrrole nitrogens is 1. The normalized spacial score (nSPS) is 10.8. The van der Waals surface area contributed by atoms with Crippen LogP contribution < -0.4 is 10.1 Å². The first kappa shape index (κ1) is 22.1. The van der Waals surface area contributed by atoms with Crippen molar-refractivity contribution in [3.05, 3.63) is 78.0 Å². The van der Waals surface area contributed by atoms with Crippen LogP contribution >= 0.6 is 0 Å². The molecule has 1 aromatic heterocycles. The lowest BCUT2D eigenvalue weighted by atomic mass is 9.87. The molecule has 0 aliphatic heterocycles. The Bertz CT molecular complexity index is 1310. The predicted molar refractivity (Wildman–Crippen MR) is 130 cm³/mol. The zero-order valence-electron chi connectivity index (χ0n) is 18.6. The standard InChI is InChI=1S/C27H26N2O4/c1-3-15-33-18-11-9-17(10-12-18)19-13-14-21(27(31)32)24(25(19)26(30)28-4-2)22-16-29-23-8-6-5-7-20(22)23/h5-14,16,29H,3-4,15H2,1-2H3,(H,28,30)(H,31,32). The molecule has 0 bridgehead atoms. The number of carbonyl (C=O) groups excluding carboxylic acids is 1. The van der Waals surface area contributed by atoms with Crippen molar-refractivity contribution in [2.45, 2.75) is 20.3 Å². The number of amides is 1. The molecule has 3 aromatic carbocycles. The van der Waals surface area contributed by atoms with Crippen molar-refractivity contribution in [3.63, 3.8) is 0 Å². The Balaban J connectivity index is 1.98. The second-order valence-electron chi connectivity index (χ2n) is 7.70. The van der Waals surface area contributed by atoms with Gasteiger partial charge in [0.15, 0.2) is 0 Å². The Morgan fingerprint density at radius 1 is 0.970 bits per heavy atom. The number of rotatable bonds is 8. The van der Waals surface area contributed by atoms with Crippen LogP contribution in [-0.4, -0.2) is 35.1 Å². The molecule has 0 aliphatic rings. The summed E-state index contributed by atoms with van der Waals surface area (Å²) < 4.78 is 5.68. The molecule has 0 unspecified atom stereocenters. The number of aromatic carboxylic acids is 1. The van der Waals surface area contributed by atoms with E-state index in [0.717, 1.165) is 28.6 Å². The Morgan fingerprint density at radius 3 is 2.42 bits per heavy atom. The Labute approximate surface area is 192 Å². The molecule has 6 heteroatoms. The number of aromatic amines is 1. The number of benzene rings is 3. The van der Waals surface area contributed by atoms with E-state index in [4.69, 9.17) is 4.74 Å². The van der Waals surface area contributed by atoms with Crippen LogP contribution in [-0.2, 0) is 0 Å². The summed E-state index contributed by atoms with van der Waals surface area (Å²) in [5.41, 5.74) is 3.82. The van der Waals surface area contributed by atoms with Crippen LogP contribution in [0.2, 0.25) is 0 Å². The first-order valence-electron chi connectivity index (χ1n) is 11.0. The van der Waals surface area contributed by atoms with Gasteiger partial charge in [-0.3, -0.25) is 4.79 Å². The fourth-order valence-electron chi connectivity index (χ4n) is 4.01. The molecule has 168 valence electrons. The molecule has 1 amide bonds. The van der Waals surface area contributed by atoms with Crippen molar-refractivity contribution in [2.75, 3.05) is 13.2 Å². The third-order valence-electron chi connectivity index (χ3n) is 5.50. The van der Waals surface area contributed by atoms with Crippen LogP contribution in [0.5, 0.6) is 5.75 Å². The third kappa shape index (κ3) is 4.32. The van der Waals surface area contributed by atoms with E-state index in [1.807, 2.05) is 62.4 Å². The number of aromatic nitrogens is 1. The molecule has 4 aromatic rings. The van der Waals surface area contributed by atoms with Gasteiger partial charge in [-0.05, 0) is 48.7 Å². The van der Waals surface area contributed by atoms with Gasteiger partial charge in [-0.1, -0.05) is 43.3 Å². The zero-order chi connectivity index (χ0) is 23.4. The number of hydrogen-bond acceptors (Lipinski definition) is 3. The van der Waals surface area contributed by atoms with Gasteiger partial charge in [0.2, 0.25) is 0 Å². The summed E-state index contributed by atoms with van der Waals surface area (Å²) in [4.78, 5) is 28.8. The van der Waals surface area contributed by atoms with Crippen molar-refractivity contribution < 1.29 is 19.4 Å². The van der Waals surface area contributed by atoms with Crippen LogP contribution in [0.1, 0.15) is 41.0 Å². The van der Waals surface area contributed by atoms with Crippen LogP contribution in [0.15, 0.2) is 66.9 Å². The highest BCUT2D eigenvalue weighted by molar-refractivity contribution is 6.14. The maximum Gasteiger partial charge on any atom is 0.336 e. The van der Waals surface area contributed by atoms with Crippen LogP contribution in [0.4, 0.5) is 0 Å². The lowest BCUT2D eigenvalue weighted by Gasteiger charge is -2.17. The Kier molecular flexibility index (Phi) is 6.45. The van der Waals surface area contributed by atoms with E-state index in [9.17, 15) is 14.7 Å². The van der Waals surface area contributed by atoms with Gasteiger partial charge in [-0.25, -0.2) is 4.79 Å². The molecule has 4 rings (SSSR count). The molecule has 1 heterocycles. The van der Waals surface area contributed by atoms with Crippen LogP contribution in [0.25, 0.3) is 33.2 Å². The summed E-state index contributed by atoms with van der Waals surface area (Å²) in [5.74, 6) is -0.656. The van der Waals surface area contributed by atoms with E-state index in [-0.39, 0.29) is 11.5 Å². The molecule has 0 radical (unpaired) electrons. The predicted octanol–water partition coefficient (Wildman–Crippen LogP) is 5.74. The van der Waals surface area contributed by atoms with E-state index in [1.54, 1.807) is 18.3 Å². The molecule has 3 N–H and O–H groups in total. The van der Waals surface area contributed by atoms with Gasteiger partial charge in [0.25, 0.3) is 5.91 Å². The monoisotopic (exact) mass is 442 g/mol. The minimum absolute atomic E-state index is 0.0765. The number of carbonyl (C=O) groups is 2. The number of fused-ring (bicyclic) bond motifs is 1. The van der Waals surface area contributed by atoms with E-state index in [1.165, 1.54) is 0 Å². The molecule has 0 aliphatic carbocycles. The highest BCUT2D eigenvalue weighted by Gasteiger charge is 2.26.